The molecule has 1 saturated heterocycles. The van der Waals surface area contributed by atoms with Crippen LogP contribution in [0.4, 0.5) is 10.1 Å². The molecule has 0 saturated carbocycles. The van der Waals surface area contributed by atoms with E-state index in [4.69, 9.17) is 0 Å². The molecule has 19 heavy (non-hydrogen) atoms. The summed E-state index contributed by atoms with van der Waals surface area (Å²) < 4.78 is 14.1. The molecule has 1 aromatic rings. The van der Waals surface area contributed by atoms with Crippen LogP contribution in [-0.4, -0.2) is 32.0 Å². The smallest absolute Gasteiger partial charge is 0.165 e. The van der Waals surface area contributed by atoms with Crippen molar-refractivity contribution in [3.63, 3.8) is 0 Å². The second kappa shape index (κ2) is 5.70. The lowest BCUT2D eigenvalue weighted by molar-refractivity contribution is 0.0939. The fraction of sp³-hybridized carbons (Fsp3) is 0.533. The molecule has 0 spiro atoms. The van der Waals surface area contributed by atoms with E-state index in [0.29, 0.717) is 11.3 Å². The molecule has 1 aromatic carbocycles. The Bertz CT molecular complexity index is 479. The highest BCUT2D eigenvalue weighted by molar-refractivity contribution is 5.99. The van der Waals surface area contributed by atoms with Crippen LogP contribution in [0.15, 0.2) is 12.1 Å². The number of piperazine rings is 1. The van der Waals surface area contributed by atoms with E-state index < -0.39 is 0 Å². The van der Waals surface area contributed by atoms with Crippen molar-refractivity contribution >= 4 is 11.5 Å². The monoisotopic (exact) mass is 264 g/mol. The molecule has 0 unspecified atom stereocenters. The average molecular weight is 264 g/mol. The number of hydrogen-bond donors (Lipinski definition) is 1. The minimum atomic E-state index is -0.236. The van der Waals surface area contributed by atoms with Crippen molar-refractivity contribution in [1.82, 2.24) is 5.32 Å². The maximum Gasteiger partial charge on any atom is 0.165 e. The SMILES string of the molecule is Cc1cc(F)c(N2CCNCC2)cc1C(=O)C(C)C. The van der Waals surface area contributed by atoms with E-state index >= 15 is 0 Å². The molecule has 104 valence electrons. The lowest BCUT2D eigenvalue weighted by Crippen LogP contribution is -2.44. The lowest BCUT2D eigenvalue weighted by Gasteiger charge is -2.30. The summed E-state index contributed by atoms with van der Waals surface area (Å²) in [5.41, 5.74) is 1.91. The van der Waals surface area contributed by atoms with Crippen molar-refractivity contribution in [3.8, 4) is 0 Å². The van der Waals surface area contributed by atoms with Crippen molar-refractivity contribution in [2.24, 2.45) is 5.92 Å². The molecule has 0 radical (unpaired) electrons. The predicted octanol–water partition coefficient (Wildman–Crippen LogP) is 2.38. The van der Waals surface area contributed by atoms with Crippen LogP contribution in [0, 0.1) is 18.7 Å². The van der Waals surface area contributed by atoms with Gasteiger partial charge in [-0.3, -0.25) is 4.79 Å². The molecule has 2 rings (SSSR count). The number of benzene rings is 1. The summed E-state index contributed by atoms with van der Waals surface area (Å²) in [7, 11) is 0. The number of hydrogen-bond acceptors (Lipinski definition) is 3. The highest BCUT2D eigenvalue weighted by Crippen LogP contribution is 2.25. The fourth-order valence-corrected chi connectivity index (χ4v) is 2.39. The van der Waals surface area contributed by atoms with Gasteiger partial charge in [0.2, 0.25) is 0 Å². The van der Waals surface area contributed by atoms with E-state index in [1.807, 2.05) is 18.7 Å². The third-order valence-corrected chi connectivity index (χ3v) is 3.54. The zero-order valence-electron chi connectivity index (χ0n) is 11.8. The van der Waals surface area contributed by atoms with Gasteiger partial charge in [-0.15, -0.1) is 0 Å². The van der Waals surface area contributed by atoms with Crippen LogP contribution >= 0.6 is 0 Å². The van der Waals surface area contributed by atoms with Gasteiger partial charge in [-0.2, -0.15) is 0 Å². The molecule has 0 amide bonds. The van der Waals surface area contributed by atoms with Crippen LogP contribution in [-0.2, 0) is 0 Å². The molecule has 0 atom stereocenters. The van der Waals surface area contributed by atoms with E-state index in [9.17, 15) is 9.18 Å². The number of nitrogens with one attached hydrogen (secondary N) is 1. The Morgan fingerprint density at radius 1 is 1.32 bits per heavy atom. The van der Waals surface area contributed by atoms with Crippen LogP contribution < -0.4 is 10.2 Å². The van der Waals surface area contributed by atoms with Gasteiger partial charge in [0.1, 0.15) is 5.82 Å². The number of rotatable bonds is 3. The Morgan fingerprint density at radius 2 is 1.95 bits per heavy atom. The summed E-state index contributed by atoms with van der Waals surface area (Å²) in [5.74, 6) is -0.228. The number of nitrogens with zero attached hydrogens (tertiary/aromatic N) is 1. The van der Waals surface area contributed by atoms with Gasteiger partial charge in [0, 0.05) is 37.7 Å². The number of halogens is 1. The van der Waals surface area contributed by atoms with Crippen LogP contribution in [0.2, 0.25) is 0 Å². The number of Topliss-reactive ketones (excluding diaryl/α,β-unsaturated/α-hetero) is 1. The molecule has 1 heterocycles. The summed E-state index contributed by atoms with van der Waals surface area (Å²) in [4.78, 5) is 14.2. The van der Waals surface area contributed by atoms with Gasteiger partial charge in [-0.1, -0.05) is 13.8 Å². The molecule has 1 aliphatic rings. The first-order valence-electron chi connectivity index (χ1n) is 6.80. The second-order valence-electron chi connectivity index (χ2n) is 5.37. The fourth-order valence-electron chi connectivity index (χ4n) is 2.39. The van der Waals surface area contributed by atoms with Crippen LogP contribution in [0.3, 0.4) is 0 Å². The van der Waals surface area contributed by atoms with Gasteiger partial charge < -0.3 is 10.2 Å². The third kappa shape index (κ3) is 2.95. The van der Waals surface area contributed by atoms with Crippen LogP contribution in [0.5, 0.6) is 0 Å². The Hall–Kier alpha value is -1.42. The highest BCUT2D eigenvalue weighted by Gasteiger charge is 2.20. The van der Waals surface area contributed by atoms with Crippen molar-refractivity contribution in [2.45, 2.75) is 20.8 Å². The Kier molecular flexibility index (Phi) is 4.20. The number of carbonyl (C=O) groups excluding carboxylic acids is 1. The minimum Gasteiger partial charge on any atom is -0.367 e. The van der Waals surface area contributed by atoms with Gasteiger partial charge >= 0.3 is 0 Å². The van der Waals surface area contributed by atoms with Gasteiger partial charge in [0.15, 0.2) is 5.78 Å². The lowest BCUT2D eigenvalue weighted by atomic mass is 9.96. The first-order chi connectivity index (χ1) is 9.00. The molecule has 3 nitrogen and oxygen atoms in total. The maximum absolute atomic E-state index is 14.1. The van der Waals surface area contributed by atoms with Crippen molar-refractivity contribution in [2.75, 3.05) is 31.1 Å². The number of aryl methyl sites for hydroxylation is 1. The zero-order valence-corrected chi connectivity index (χ0v) is 11.8. The maximum atomic E-state index is 14.1. The molecule has 1 fully saturated rings. The Labute approximate surface area is 113 Å². The molecule has 1 aliphatic heterocycles. The van der Waals surface area contributed by atoms with E-state index in [0.717, 1.165) is 31.7 Å². The molecule has 0 aromatic heterocycles. The summed E-state index contributed by atoms with van der Waals surface area (Å²) in [5, 5.41) is 3.24. The van der Waals surface area contributed by atoms with Gasteiger partial charge in [0.25, 0.3) is 0 Å². The summed E-state index contributed by atoms with van der Waals surface area (Å²) in [6.07, 6.45) is 0. The Morgan fingerprint density at radius 3 is 2.53 bits per heavy atom. The van der Waals surface area contributed by atoms with Gasteiger partial charge in [-0.05, 0) is 24.6 Å². The van der Waals surface area contributed by atoms with Crippen LogP contribution in [0.25, 0.3) is 0 Å². The van der Waals surface area contributed by atoms with Crippen molar-refractivity contribution in [1.29, 1.82) is 0 Å². The van der Waals surface area contributed by atoms with E-state index in [-0.39, 0.29) is 17.5 Å². The van der Waals surface area contributed by atoms with Crippen molar-refractivity contribution < 1.29 is 9.18 Å². The van der Waals surface area contributed by atoms with Gasteiger partial charge in [0.05, 0.1) is 5.69 Å². The summed E-state index contributed by atoms with van der Waals surface area (Å²) >= 11 is 0. The number of carbonyl (C=O) groups is 1. The third-order valence-electron chi connectivity index (χ3n) is 3.54. The number of anilines is 1. The first kappa shape index (κ1) is 14.0. The van der Waals surface area contributed by atoms with Crippen LogP contribution in [0.1, 0.15) is 29.8 Å². The zero-order chi connectivity index (χ0) is 14.0. The highest BCUT2D eigenvalue weighted by atomic mass is 19.1. The van der Waals surface area contributed by atoms with Crippen molar-refractivity contribution in [3.05, 3.63) is 29.1 Å². The van der Waals surface area contributed by atoms with E-state index in [1.54, 1.807) is 13.0 Å². The first-order valence-corrected chi connectivity index (χ1v) is 6.80. The van der Waals surface area contributed by atoms with Gasteiger partial charge in [-0.25, -0.2) is 4.39 Å². The normalized spacial score (nSPS) is 15.9. The molecular weight excluding hydrogens is 243 g/mol. The molecule has 0 aliphatic carbocycles. The topological polar surface area (TPSA) is 32.3 Å². The molecule has 1 N–H and O–H groups in total. The summed E-state index contributed by atoms with van der Waals surface area (Å²) in [6.45, 7) is 8.78. The standard InChI is InChI=1S/C15H21FN2O/c1-10(2)15(19)12-9-14(13(16)8-11(12)3)18-6-4-17-5-7-18/h8-10,17H,4-7H2,1-3H3. The van der Waals surface area contributed by atoms with E-state index in [2.05, 4.69) is 5.32 Å². The molecule has 4 heteroatoms. The summed E-state index contributed by atoms with van der Waals surface area (Å²) in [6, 6.07) is 3.20. The van der Waals surface area contributed by atoms with E-state index in [1.165, 1.54) is 6.07 Å². The predicted molar refractivity (Wildman–Crippen MR) is 75.4 cm³/mol. The Balaban J connectivity index is 2.38. The molecule has 0 bridgehead atoms. The largest absolute Gasteiger partial charge is 0.367 e. The minimum absolute atomic E-state index is 0.0694. The average Bonchev–Trinajstić information content (AvgIpc) is 2.39. The second-order valence-corrected chi connectivity index (χ2v) is 5.37. The quantitative estimate of drug-likeness (QED) is 0.851. The number of ketones is 1. The molecular formula is C15H21FN2O.